The monoisotopic (exact) mass is 455 g/mol. The van der Waals surface area contributed by atoms with Crippen molar-refractivity contribution in [3.63, 3.8) is 0 Å². The Morgan fingerprint density at radius 2 is 1.41 bits per heavy atom. The van der Waals surface area contributed by atoms with Crippen LogP contribution >= 0.6 is 0 Å². The summed E-state index contributed by atoms with van der Waals surface area (Å²) < 4.78 is 42.9. The van der Waals surface area contributed by atoms with Crippen LogP contribution in [0, 0.1) is 0 Å². The van der Waals surface area contributed by atoms with Gasteiger partial charge in [-0.05, 0) is 66.7 Å². The highest BCUT2D eigenvalue weighted by molar-refractivity contribution is 7.92. The molecule has 0 unspecified atom stereocenters. The largest absolute Gasteiger partial charge is 0.497 e. The number of anilines is 1. The molecule has 0 saturated carbocycles. The lowest BCUT2D eigenvalue weighted by Crippen LogP contribution is -2.16. The molecule has 32 heavy (non-hydrogen) atoms. The van der Waals surface area contributed by atoms with Gasteiger partial charge in [-0.15, -0.1) is 0 Å². The molecule has 0 aliphatic rings. The highest BCUT2D eigenvalue weighted by Crippen LogP contribution is 2.20. The van der Waals surface area contributed by atoms with Crippen LogP contribution in [-0.4, -0.2) is 41.0 Å². The number of hydrogen-bond acceptors (Lipinski definition) is 7. The van der Waals surface area contributed by atoms with Crippen LogP contribution in [0.25, 0.3) is 0 Å². The number of rotatable bonds is 9. The van der Waals surface area contributed by atoms with E-state index in [-0.39, 0.29) is 10.5 Å². The molecule has 0 amide bonds. The number of nitrogens with one attached hydrogen (secondary N) is 1. The molecule has 9 heteroatoms. The van der Waals surface area contributed by atoms with Gasteiger partial charge in [0.1, 0.15) is 11.5 Å². The van der Waals surface area contributed by atoms with Crippen LogP contribution in [0.2, 0.25) is 0 Å². The number of hydrogen-bond donors (Lipinski definition) is 1. The second kappa shape index (κ2) is 9.97. The maximum atomic E-state index is 12.7. The third-order valence-electron chi connectivity index (χ3n) is 4.47. The van der Waals surface area contributed by atoms with Gasteiger partial charge in [0.2, 0.25) is 0 Å². The van der Waals surface area contributed by atoms with Gasteiger partial charge in [-0.25, -0.2) is 13.2 Å². The van der Waals surface area contributed by atoms with E-state index >= 15 is 0 Å². The number of Topliss-reactive ketones (excluding diaryl/α,β-unsaturated/α-hetero) is 1. The number of sulfonamides is 1. The van der Waals surface area contributed by atoms with E-state index in [1.54, 1.807) is 48.5 Å². The van der Waals surface area contributed by atoms with Gasteiger partial charge >= 0.3 is 5.97 Å². The molecule has 0 fully saturated rings. The van der Waals surface area contributed by atoms with Gasteiger partial charge in [-0.3, -0.25) is 9.52 Å². The average Bonchev–Trinajstić information content (AvgIpc) is 2.82. The van der Waals surface area contributed by atoms with Crippen LogP contribution in [0.5, 0.6) is 11.5 Å². The Kier molecular flexibility index (Phi) is 7.11. The summed E-state index contributed by atoms with van der Waals surface area (Å²) in [6, 6.07) is 18.1. The van der Waals surface area contributed by atoms with E-state index in [0.717, 1.165) is 0 Å². The molecular formula is C23H21NO7S. The first-order chi connectivity index (χ1) is 15.3. The predicted molar refractivity (Wildman–Crippen MR) is 118 cm³/mol. The Labute approximate surface area is 185 Å². The van der Waals surface area contributed by atoms with Crippen LogP contribution in [0.1, 0.15) is 20.7 Å². The first-order valence-electron chi connectivity index (χ1n) is 9.44. The van der Waals surface area contributed by atoms with E-state index in [9.17, 15) is 18.0 Å². The van der Waals surface area contributed by atoms with Crippen LogP contribution in [0.15, 0.2) is 77.7 Å². The fourth-order valence-corrected chi connectivity index (χ4v) is 3.84. The zero-order valence-electron chi connectivity index (χ0n) is 17.4. The molecule has 0 aliphatic carbocycles. The van der Waals surface area contributed by atoms with E-state index in [4.69, 9.17) is 14.2 Å². The lowest BCUT2D eigenvalue weighted by atomic mass is 10.1. The molecule has 1 N–H and O–H groups in total. The molecule has 166 valence electrons. The average molecular weight is 455 g/mol. The summed E-state index contributed by atoms with van der Waals surface area (Å²) >= 11 is 0. The van der Waals surface area contributed by atoms with E-state index in [1.165, 1.54) is 38.5 Å². The number of ketones is 1. The van der Waals surface area contributed by atoms with E-state index in [0.29, 0.717) is 22.7 Å². The summed E-state index contributed by atoms with van der Waals surface area (Å²) in [6.45, 7) is -0.480. The first-order valence-corrected chi connectivity index (χ1v) is 10.9. The van der Waals surface area contributed by atoms with Crippen molar-refractivity contribution in [2.75, 3.05) is 25.5 Å². The first kappa shape index (κ1) is 22.8. The van der Waals surface area contributed by atoms with Crippen molar-refractivity contribution in [3.05, 3.63) is 83.9 Å². The minimum absolute atomic E-state index is 0.00476. The number of benzene rings is 3. The fourth-order valence-electron chi connectivity index (χ4n) is 2.74. The number of ether oxygens (including phenoxy) is 3. The standard InChI is InChI=1S/C23H21NO7S/c1-29-19-10-6-16(7-11-19)22(25)15-31-23(26)17-4-3-5-21(14-17)32(27,28)24-18-8-12-20(30-2)13-9-18/h3-14,24H,15H2,1-2H3. The van der Waals surface area contributed by atoms with Crippen LogP contribution in [-0.2, 0) is 14.8 Å². The second-order valence-electron chi connectivity index (χ2n) is 6.59. The van der Waals surface area contributed by atoms with Gasteiger partial charge in [0.05, 0.1) is 24.7 Å². The molecule has 0 bridgehead atoms. The summed E-state index contributed by atoms with van der Waals surface area (Å²) in [6.07, 6.45) is 0. The molecule has 3 aromatic rings. The van der Waals surface area contributed by atoms with E-state index in [1.807, 2.05) is 0 Å². The van der Waals surface area contributed by atoms with Gasteiger partial charge < -0.3 is 14.2 Å². The summed E-state index contributed by atoms with van der Waals surface area (Å²) in [5.74, 6) is -0.0268. The lowest BCUT2D eigenvalue weighted by molar-refractivity contribution is 0.0474. The highest BCUT2D eigenvalue weighted by atomic mass is 32.2. The molecule has 8 nitrogen and oxygen atoms in total. The highest BCUT2D eigenvalue weighted by Gasteiger charge is 2.18. The number of carbonyl (C=O) groups is 2. The molecule has 3 rings (SSSR count). The van der Waals surface area contributed by atoms with Gasteiger partial charge in [-0.2, -0.15) is 0 Å². The molecule has 0 saturated heterocycles. The molecule has 0 spiro atoms. The molecule has 0 heterocycles. The number of methoxy groups -OCH3 is 2. The van der Waals surface area contributed by atoms with E-state index in [2.05, 4.69) is 4.72 Å². The molecule has 3 aromatic carbocycles. The summed E-state index contributed by atoms with van der Waals surface area (Å²) in [5, 5.41) is 0. The minimum Gasteiger partial charge on any atom is -0.497 e. The quantitative estimate of drug-likeness (QED) is 0.388. The van der Waals surface area contributed by atoms with Crippen molar-refractivity contribution in [2.24, 2.45) is 0 Å². The number of carbonyl (C=O) groups excluding carboxylic acids is 2. The van der Waals surface area contributed by atoms with Crippen molar-refractivity contribution < 1.29 is 32.2 Å². The van der Waals surface area contributed by atoms with Crippen molar-refractivity contribution in [3.8, 4) is 11.5 Å². The SMILES string of the molecule is COc1ccc(NS(=O)(=O)c2cccc(C(=O)OCC(=O)c3ccc(OC)cc3)c2)cc1. The predicted octanol–water partition coefficient (Wildman–Crippen LogP) is 3.54. The van der Waals surface area contributed by atoms with Crippen molar-refractivity contribution in [1.29, 1.82) is 0 Å². The Balaban J connectivity index is 1.67. The molecular weight excluding hydrogens is 434 g/mol. The van der Waals surface area contributed by atoms with Crippen molar-refractivity contribution >= 4 is 27.5 Å². The van der Waals surface area contributed by atoms with Crippen LogP contribution in [0.4, 0.5) is 5.69 Å². The molecule has 0 aliphatic heterocycles. The van der Waals surface area contributed by atoms with Gasteiger partial charge in [-0.1, -0.05) is 6.07 Å². The maximum Gasteiger partial charge on any atom is 0.338 e. The summed E-state index contributed by atoms with van der Waals surface area (Å²) in [5.41, 5.74) is 0.702. The van der Waals surface area contributed by atoms with Crippen LogP contribution in [0.3, 0.4) is 0 Å². The van der Waals surface area contributed by atoms with Gasteiger partial charge in [0, 0.05) is 11.3 Å². The topological polar surface area (TPSA) is 108 Å². The minimum atomic E-state index is -3.95. The van der Waals surface area contributed by atoms with E-state index < -0.39 is 28.4 Å². The smallest absolute Gasteiger partial charge is 0.338 e. The fraction of sp³-hybridized carbons (Fsp3) is 0.130. The third-order valence-corrected chi connectivity index (χ3v) is 5.85. The third kappa shape index (κ3) is 5.64. The summed E-state index contributed by atoms with van der Waals surface area (Å²) in [4.78, 5) is 24.5. The Morgan fingerprint density at radius 3 is 2.00 bits per heavy atom. The zero-order valence-corrected chi connectivity index (χ0v) is 18.2. The lowest BCUT2D eigenvalue weighted by Gasteiger charge is -2.10. The van der Waals surface area contributed by atoms with Crippen molar-refractivity contribution in [2.45, 2.75) is 4.90 Å². The normalized spacial score (nSPS) is 10.8. The Bertz CT molecular complexity index is 1200. The molecule has 0 radical (unpaired) electrons. The Morgan fingerprint density at radius 1 is 0.812 bits per heavy atom. The van der Waals surface area contributed by atoms with Gasteiger partial charge in [0.15, 0.2) is 12.4 Å². The summed E-state index contributed by atoms with van der Waals surface area (Å²) in [7, 11) is -0.926. The van der Waals surface area contributed by atoms with Gasteiger partial charge in [0.25, 0.3) is 10.0 Å². The molecule has 0 atom stereocenters. The number of esters is 1. The van der Waals surface area contributed by atoms with Crippen LogP contribution < -0.4 is 14.2 Å². The van der Waals surface area contributed by atoms with Crippen molar-refractivity contribution in [1.82, 2.24) is 0 Å². The maximum absolute atomic E-state index is 12.7. The molecule has 0 aromatic heterocycles. The second-order valence-corrected chi connectivity index (χ2v) is 8.27. The Hall–Kier alpha value is -3.85. The zero-order chi connectivity index (χ0) is 23.1.